The first-order valence-corrected chi connectivity index (χ1v) is 6.43. The Labute approximate surface area is 112 Å². The predicted octanol–water partition coefficient (Wildman–Crippen LogP) is 0.561. The summed E-state index contributed by atoms with van der Waals surface area (Å²) in [5.74, 6) is -0.106. The van der Waals surface area contributed by atoms with E-state index in [0.717, 1.165) is 39.1 Å². The lowest BCUT2D eigenvalue weighted by molar-refractivity contribution is 0.0383. The average molecular weight is 262 g/mol. The number of hydrogen-bond donors (Lipinski definition) is 1. The van der Waals surface area contributed by atoms with E-state index in [9.17, 15) is 9.59 Å². The molecule has 1 saturated heterocycles. The van der Waals surface area contributed by atoms with E-state index in [-0.39, 0.29) is 5.91 Å². The second-order valence-corrected chi connectivity index (χ2v) is 4.45. The Morgan fingerprint density at radius 1 is 1.26 bits per heavy atom. The Kier molecular flexibility index (Phi) is 5.06. The summed E-state index contributed by atoms with van der Waals surface area (Å²) in [6, 6.07) is 6.61. The topological polar surface area (TPSA) is 58.6 Å². The van der Waals surface area contributed by atoms with Gasteiger partial charge >= 0.3 is 0 Å². The van der Waals surface area contributed by atoms with Gasteiger partial charge in [0.05, 0.1) is 13.2 Å². The summed E-state index contributed by atoms with van der Waals surface area (Å²) < 4.78 is 5.26. The third-order valence-corrected chi connectivity index (χ3v) is 3.13. The highest BCUT2D eigenvalue weighted by molar-refractivity contribution is 5.94. The fourth-order valence-corrected chi connectivity index (χ4v) is 1.97. The van der Waals surface area contributed by atoms with Crippen LogP contribution in [-0.4, -0.2) is 56.5 Å². The van der Waals surface area contributed by atoms with Crippen LogP contribution in [-0.2, 0) is 4.74 Å². The third kappa shape index (κ3) is 4.15. The van der Waals surface area contributed by atoms with Crippen LogP contribution in [0.2, 0.25) is 0 Å². The Bertz CT molecular complexity index is 425. The molecule has 1 aromatic carbocycles. The quantitative estimate of drug-likeness (QED) is 0.788. The molecule has 0 aromatic heterocycles. The van der Waals surface area contributed by atoms with Gasteiger partial charge in [-0.2, -0.15) is 0 Å². The van der Waals surface area contributed by atoms with E-state index in [2.05, 4.69) is 10.2 Å². The molecular formula is C14H18N2O3. The fourth-order valence-electron chi connectivity index (χ4n) is 1.97. The zero-order valence-electron chi connectivity index (χ0n) is 10.8. The van der Waals surface area contributed by atoms with Crippen molar-refractivity contribution < 1.29 is 14.3 Å². The third-order valence-electron chi connectivity index (χ3n) is 3.13. The van der Waals surface area contributed by atoms with E-state index in [1.165, 1.54) is 0 Å². The number of rotatable bonds is 5. The van der Waals surface area contributed by atoms with Gasteiger partial charge in [0.15, 0.2) is 0 Å². The van der Waals surface area contributed by atoms with Gasteiger partial charge in [-0.05, 0) is 12.1 Å². The molecule has 0 spiro atoms. The molecule has 0 unspecified atom stereocenters. The van der Waals surface area contributed by atoms with Crippen molar-refractivity contribution in [2.45, 2.75) is 0 Å². The van der Waals surface area contributed by atoms with Gasteiger partial charge in [0.25, 0.3) is 5.91 Å². The molecule has 0 radical (unpaired) electrons. The summed E-state index contributed by atoms with van der Waals surface area (Å²) in [7, 11) is 0. The highest BCUT2D eigenvalue weighted by Gasteiger charge is 2.10. The van der Waals surface area contributed by atoms with E-state index >= 15 is 0 Å². The van der Waals surface area contributed by atoms with E-state index in [1.54, 1.807) is 24.3 Å². The maximum atomic E-state index is 11.8. The number of amides is 1. The van der Waals surface area contributed by atoms with E-state index < -0.39 is 0 Å². The lowest BCUT2D eigenvalue weighted by atomic mass is 10.1. The second kappa shape index (κ2) is 7.01. The summed E-state index contributed by atoms with van der Waals surface area (Å²) in [5, 5.41) is 2.87. The number of benzene rings is 1. The van der Waals surface area contributed by atoms with Crippen LogP contribution in [0.25, 0.3) is 0 Å². The molecule has 1 N–H and O–H groups in total. The zero-order chi connectivity index (χ0) is 13.5. The number of aldehydes is 1. The summed E-state index contributed by atoms with van der Waals surface area (Å²) in [6.07, 6.45) is 0.764. The average Bonchev–Trinajstić information content (AvgIpc) is 2.48. The molecule has 1 aromatic rings. The van der Waals surface area contributed by atoms with Crippen LogP contribution in [0.4, 0.5) is 0 Å². The molecule has 2 rings (SSSR count). The largest absolute Gasteiger partial charge is 0.379 e. The summed E-state index contributed by atoms with van der Waals surface area (Å²) in [5.41, 5.74) is 1.15. The predicted molar refractivity (Wildman–Crippen MR) is 71.4 cm³/mol. The van der Waals surface area contributed by atoms with Crippen molar-refractivity contribution in [2.24, 2.45) is 0 Å². The summed E-state index contributed by atoms with van der Waals surface area (Å²) in [4.78, 5) is 24.6. The minimum atomic E-state index is -0.106. The zero-order valence-corrected chi connectivity index (χ0v) is 10.8. The standard InChI is InChI=1S/C14H18N2O3/c17-11-12-1-3-13(4-2-12)14(18)15-5-6-16-7-9-19-10-8-16/h1-4,11H,5-10H2,(H,15,18). The van der Waals surface area contributed by atoms with Crippen LogP contribution in [0, 0.1) is 0 Å². The van der Waals surface area contributed by atoms with Gasteiger partial charge in [0.1, 0.15) is 6.29 Å². The number of nitrogens with zero attached hydrogens (tertiary/aromatic N) is 1. The van der Waals surface area contributed by atoms with Crippen LogP contribution in [0.15, 0.2) is 24.3 Å². The maximum Gasteiger partial charge on any atom is 0.251 e. The van der Waals surface area contributed by atoms with E-state index in [0.29, 0.717) is 17.7 Å². The summed E-state index contributed by atoms with van der Waals surface area (Å²) in [6.45, 7) is 4.83. The molecule has 0 bridgehead atoms. The van der Waals surface area contributed by atoms with Crippen LogP contribution >= 0.6 is 0 Å². The van der Waals surface area contributed by atoms with Crippen molar-refractivity contribution in [1.29, 1.82) is 0 Å². The second-order valence-electron chi connectivity index (χ2n) is 4.45. The van der Waals surface area contributed by atoms with Crippen LogP contribution < -0.4 is 5.32 Å². The van der Waals surface area contributed by atoms with Crippen molar-refractivity contribution in [3.8, 4) is 0 Å². The molecule has 102 valence electrons. The van der Waals surface area contributed by atoms with Crippen molar-refractivity contribution in [3.05, 3.63) is 35.4 Å². The number of carbonyl (C=O) groups is 2. The lowest BCUT2D eigenvalue weighted by Gasteiger charge is -2.26. The van der Waals surface area contributed by atoms with Crippen LogP contribution in [0.5, 0.6) is 0 Å². The first-order chi connectivity index (χ1) is 9.29. The van der Waals surface area contributed by atoms with Crippen LogP contribution in [0.1, 0.15) is 20.7 Å². The number of ether oxygens (including phenoxy) is 1. The van der Waals surface area contributed by atoms with Gasteiger partial charge < -0.3 is 10.1 Å². The summed E-state index contributed by atoms with van der Waals surface area (Å²) >= 11 is 0. The molecule has 1 heterocycles. The van der Waals surface area contributed by atoms with Crippen molar-refractivity contribution in [1.82, 2.24) is 10.2 Å². The lowest BCUT2D eigenvalue weighted by Crippen LogP contribution is -2.41. The number of carbonyl (C=O) groups excluding carboxylic acids is 2. The van der Waals surface area contributed by atoms with Gasteiger partial charge in [-0.3, -0.25) is 14.5 Å². The minimum absolute atomic E-state index is 0.106. The van der Waals surface area contributed by atoms with Gasteiger partial charge in [0, 0.05) is 37.3 Å². The SMILES string of the molecule is O=Cc1ccc(C(=O)NCCN2CCOCC2)cc1. The molecule has 5 nitrogen and oxygen atoms in total. The molecular weight excluding hydrogens is 244 g/mol. The van der Waals surface area contributed by atoms with E-state index in [1.807, 2.05) is 0 Å². The normalized spacial score (nSPS) is 16.0. The smallest absolute Gasteiger partial charge is 0.251 e. The fraction of sp³-hybridized carbons (Fsp3) is 0.429. The first kappa shape index (κ1) is 13.7. The Hall–Kier alpha value is -1.72. The number of nitrogens with one attached hydrogen (secondary N) is 1. The monoisotopic (exact) mass is 262 g/mol. The maximum absolute atomic E-state index is 11.8. The number of hydrogen-bond acceptors (Lipinski definition) is 4. The molecule has 5 heteroatoms. The Balaban J connectivity index is 1.75. The molecule has 19 heavy (non-hydrogen) atoms. The van der Waals surface area contributed by atoms with Crippen molar-refractivity contribution >= 4 is 12.2 Å². The Morgan fingerprint density at radius 3 is 2.58 bits per heavy atom. The van der Waals surface area contributed by atoms with Gasteiger partial charge in [0.2, 0.25) is 0 Å². The molecule has 0 atom stereocenters. The van der Waals surface area contributed by atoms with Crippen molar-refractivity contribution in [2.75, 3.05) is 39.4 Å². The first-order valence-electron chi connectivity index (χ1n) is 6.43. The molecule has 1 fully saturated rings. The number of morpholine rings is 1. The van der Waals surface area contributed by atoms with Crippen molar-refractivity contribution in [3.63, 3.8) is 0 Å². The van der Waals surface area contributed by atoms with E-state index in [4.69, 9.17) is 4.74 Å². The highest BCUT2D eigenvalue weighted by Crippen LogP contribution is 2.02. The highest BCUT2D eigenvalue weighted by atomic mass is 16.5. The van der Waals surface area contributed by atoms with Crippen LogP contribution in [0.3, 0.4) is 0 Å². The molecule has 0 saturated carbocycles. The van der Waals surface area contributed by atoms with Gasteiger partial charge in [-0.1, -0.05) is 12.1 Å². The molecule has 0 aliphatic carbocycles. The molecule has 1 aliphatic rings. The molecule has 1 amide bonds. The minimum Gasteiger partial charge on any atom is -0.379 e. The molecule has 1 aliphatic heterocycles. The van der Waals surface area contributed by atoms with Gasteiger partial charge in [-0.25, -0.2) is 0 Å². The van der Waals surface area contributed by atoms with Gasteiger partial charge in [-0.15, -0.1) is 0 Å². The Morgan fingerprint density at radius 2 is 1.95 bits per heavy atom.